The van der Waals surface area contributed by atoms with Gasteiger partial charge in [-0.25, -0.2) is 0 Å². The number of hydrogen-bond donors (Lipinski definition) is 4. The Morgan fingerprint density at radius 1 is 0.833 bits per heavy atom. The maximum Gasteiger partial charge on any atom is 0.239 e. The van der Waals surface area contributed by atoms with E-state index in [2.05, 4.69) is 12.2 Å². The quantitative estimate of drug-likeness (QED) is 0.132. The average Bonchev–Trinajstić information content (AvgIpc) is 2.67. The lowest BCUT2D eigenvalue weighted by atomic mass is 10.1. The molecule has 0 saturated carbocycles. The third kappa shape index (κ3) is 23.9. The first-order chi connectivity index (χ1) is 14.3. The molecule has 0 aliphatic rings. The fourth-order valence-electron chi connectivity index (χ4n) is 3.19. The van der Waals surface area contributed by atoms with Crippen LogP contribution in [0.25, 0.3) is 0 Å². The van der Waals surface area contributed by atoms with E-state index in [0.29, 0.717) is 26.1 Å². The molecule has 0 saturated heterocycles. The van der Waals surface area contributed by atoms with E-state index in [1.807, 2.05) is 0 Å². The van der Waals surface area contributed by atoms with E-state index in [9.17, 15) is 19.1 Å². The Kier molecular flexibility index (Phi) is 20.3. The van der Waals surface area contributed by atoms with Crippen LogP contribution in [0.1, 0.15) is 90.4 Å². The van der Waals surface area contributed by atoms with Gasteiger partial charge in [-0.15, -0.1) is 0 Å². The summed E-state index contributed by atoms with van der Waals surface area (Å²) in [7, 11) is -2.79. The van der Waals surface area contributed by atoms with E-state index in [1.54, 1.807) is 0 Å². The van der Waals surface area contributed by atoms with Crippen molar-refractivity contribution in [3.63, 3.8) is 0 Å². The third-order valence-electron chi connectivity index (χ3n) is 4.92. The molecule has 4 N–H and O–H groups in total. The first-order valence-corrected chi connectivity index (χ1v) is 14.0. The highest BCUT2D eigenvalue weighted by Crippen LogP contribution is 2.31. The standard InChI is InChI=1S/C22H48N2O5S/c1-3-4-5-6-10-13-19-29-20-14-11-8-7-9-12-17-24(26)18-15-16-23-22(25)21-30(2,27)28/h26-28H,3-21H2,1-2H3,(H,23,25). The highest BCUT2D eigenvalue weighted by Gasteiger charge is 2.11. The first-order valence-electron chi connectivity index (χ1n) is 11.8. The number of nitrogens with one attached hydrogen (secondary N) is 1. The lowest BCUT2D eigenvalue weighted by molar-refractivity contribution is -0.119. The largest absolute Gasteiger partial charge is 0.381 e. The van der Waals surface area contributed by atoms with Crippen LogP contribution in [0, 0.1) is 0 Å². The summed E-state index contributed by atoms with van der Waals surface area (Å²) in [4.78, 5) is 11.4. The number of ether oxygens (including phenoxy) is 1. The highest BCUT2D eigenvalue weighted by atomic mass is 32.3. The third-order valence-corrected chi connectivity index (χ3v) is 5.73. The Morgan fingerprint density at radius 3 is 1.90 bits per heavy atom. The maximum atomic E-state index is 11.4. The minimum atomic E-state index is -2.79. The van der Waals surface area contributed by atoms with Crippen molar-refractivity contribution in [2.75, 3.05) is 44.9 Å². The fraction of sp³-hybridized carbons (Fsp3) is 0.955. The van der Waals surface area contributed by atoms with Crippen LogP contribution in [0.2, 0.25) is 0 Å². The van der Waals surface area contributed by atoms with Gasteiger partial charge in [-0.05, 0) is 25.7 Å². The molecule has 0 spiro atoms. The monoisotopic (exact) mass is 452 g/mol. The second-order valence-corrected chi connectivity index (χ2v) is 10.6. The van der Waals surface area contributed by atoms with Crippen LogP contribution in [0.5, 0.6) is 0 Å². The van der Waals surface area contributed by atoms with Crippen LogP contribution in [-0.2, 0) is 9.53 Å². The summed E-state index contributed by atoms with van der Waals surface area (Å²) in [5, 5.41) is 13.8. The van der Waals surface area contributed by atoms with Gasteiger partial charge in [0, 0.05) is 39.1 Å². The Bertz CT molecular complexity index is 394. The first kappa shape index (κ1) is 29.6. The van der Waals surface area contributed by atoms with Gasteiger partial charge in [0.2, 0.25) is 5.91 Å². The molecule has 0 heterocycles. The van der Waals surface area contributed by atoms with Crippen molar-refractivity contribution in [1.82, 2.24) is 10.4 Å². The van der Waals surface area contributed by atoms with Crippen LogP contribution in [0.15, 0.2) is 0 Å². The summed E-state index contributed by atoms with van der Waals surface area (Å²) >= 11 is 0. The fourth-order valence-corrected chi connectivity index (χ4v) is 3.79. The molecule has 8 heteroatoms. The second-order valence-electron chi connectivity index (χ2n) is 8.30. The minimum Gasteiger partial charge on any atom is -0.381 e. The maximum absolute atomic E-state index is 11.4. The number of rotatable bonds is 22. The van der Waals surface area contributed by atoms with Crippen molar-refractivity contribution in [2.45, 2.75) is 90.4 Å². The van der Waals surface area contributed by atoms with Gasteiger partial charge in [0.1, 0.15) is 5.75 Å². The smallest absolute Gasteiger partial charge is 0.239 e. The SMILES string of the molecule is CCCCCCCCOCCCCCCCCN(O)CCCNC(=O)CS(C)(O)O. The summed E-state index contributed by atoms with van der Waals surface area (Å²) in [5.41, 5.74) is 0. The van der Waals surface area contributed by atoms with Gasteiger partial charge in [0.25, 0.3) is 0 Å². The predicted molar refractivity (Wildman–Crippen MR) is 127 cm³/mol. The number of carbonyl (C=O) groups is 1. The number of amides is 1. The predicted octanol–water partition coefficient (Wildman–Crippen LogP) is 5.28. The topological polar surface area (TPSA) is 102 Å². The van der Waals surface area contributed by atoms with Crippen molar-refractivity contribution in [2.24, 2.45) is 0 Å². The van der Waals surface area contributed by atoms with Gasteiger partial charge in [0.05, 0.1) is 0 Å². The molecule has 0 radical (unpaired) electrons. The van der Waals surface area contributed by atoms with Crippen LogP contribution in [-0.4, -0.2) is 70.1 Å². The number of carbonyl (C=O) groups excluding carboxylic acids is 1. The molecule has 0 aliphatic carbocycles. The molecule has 0 bridgehead atoms. The summed E-state index contributed by atoms with van der Waals surface area (Å²) in [6, 6.07) is 0. The molecular weight excluding hydrogens is 404 g/mol. The normalized spacial score (nSPS) is 12.5. The van der Waals surface area contributed by atoms with Crippen molar-refractivity contribution < 1.29 is 23.8 Å². The molecule has 0 aromatic carbocycles. The van der Waals surface area contributed by atoms with Gasteiger partial charge >= 0.3 is 0 Å². The van der Waals surface area contributed by atoms with E-state index in [1.165, 1.54) is 69.1 Å². The summed E-state index contributed by atoms with van der Waals surface area (Å²) < 4.78 is 24.1. The van der Waals surface area contributed by atoms with E-state index in [0.717, 1.165) is 32.5 Å². The zero-order chi connectivity index (χ0) is 22.5. The summed E-state index contributed by atoms with van der Waals surface area (Å²) in [5.74, 6) is -0.629. The Balaban J connectivity index is 3.26. The Labute approximate surface area is 186 Å². The van der Waals surface area contributed by atoms with E-state index in [-0.39, 0.29) is 11.7 Å². The van der Waals surface area contributed by atoms with Crippen molar-refractivity contribution in [1.29, 1.82) is 0 Å². The van der Waals surface area contributed by atoms with Gasteiger partial charge < -0.3 is 15.3 Å². The van der Waals surface area contributed by atoms with Gasteiger partial charge in [-0.2, -0.15) is 15.7 Å². The highest BCUT2D eigenvalue weighted by molar-refractivity contribution is 8.24. The average molecular weight is 453 g/mol. The van der Waals surface area contributed by atoms with E-state index in [4.69, 9.17) is 4.74 Å². The molecular formula is C22H48N2O5S. The van der Waals surface area contributed by atoms with Crippen LogP contribution < -0.4 is 5.32 Å². The molecule has 1 amide bonds. The van der Waals surface area contributed by atoms with Crippen molar-refractivity contribution in [3.8, 4) is 0 Å². The Hall–Kier alpha value is -0.380. The van der Waals surface area contributed by atoms with Crippen LogP contribution in [0.3, 0.4) is 0 Å². The molecule has 0 unspecified atom stereocenters. The number of hydroxylamine groups is 2. The van der Waals surface area contributed by atoms with Crippen molar-refractivity contribution >= 4 is 16.5 Å². The molecule has 0 atom stereocenters. The lowest BCUT2D eigenvalue weighted by Crippen LogP contribution is -2.31. The molecule has 7 nitrogen and oxygen atoms in total. The second kappa shape index (κ2) is 20.5. The summed E-state index contributed by atoms with van der Waals surface area (Å²) in [6.45, 7) is 5.60. The van der Waals surface area contributed by atoms with Crippen LogP contribution in [0.4, 0.5) is 0 Å². The molecule has 0 aromatic rings. The minimum absolute atomic E-state index is 0.263. The van der Waals surface area contributed by atoms with Crippen LogP contribution >= 0.6 is 10.6 Å². The molecule has 0 fully saturated rings. The van der Waals surface area contributed by atoms with Crippen molar-refractivity contribution in [3.05, 3.63) is 0 Å². The van der Waals surface area contributed by atoms with Gasteiger partial charge in [-0.1, -0.05) is 64.7 Å². The van der Waals surface area contributed by atoms with E-state index >= 15 is 0 Å². The summed E-state index contributed by atoms with van der Waals surface area (Å²) in [6.07, 6.45) is 16.6. The molecule has 0 aromatic heterocycles. The zero-order valence-corrected chi connectivity index (χ0v) is 20.3. The lowest BCUT2D eigenvalue weighted by Gasteiger charge is -2.25. The zero-order valence-electron chi connectivity index (χ0n) is 19.4. The molecule has 0 rings (SSSR count). The number of hydrogen-bond acceptors (Lipinski definition) is 6. The van der Waals surface area contributed by atoms with Gasteiger partial charge in [-0.3, -0.25) is 13.9 Å². The Morgan fingerprint density at radius 2 is 1.33 bits per heavy atom. The molecule has 30 heavy (non-hydrogen) atoms. The van der Waals surface area contributed by atoms with E-state index < -0.39 is 10.6 Å². The molecule has 182 valence electrons. The molecule has 0 aliphatic heterocycles. The number of nitrogens with zero attached hydrogens (tertiary/aromatic N) is 1. The van der Waals surface area contributed by atoms with Gasteiger partial charge in [0.15, 0.2) is 0 Å². The number of unbranched alkanes of at least 4 members (excludes halogenated alkanes) is 10.